The van der Waals surface area contributed by atoms with Crippen LogP contribution >= 0.6 is 22.9 Å². The van der Waals surface area contributed by atoms with E-state index < -0.39 is 6.04 Å². The standard InChI is InChI=1S/C17H17ClN4O4S/c1-26-13-4-2-9(6-11(13)18)19-15(24)7-10-8-27-17(20-10)22-16(25)12-3-5-14(23)21-12/h2,4,6,8,12H,3,5,7H2,1H3,(H,19,24)(H,21,23)(H,20,22,25). The molecule has 1 unspecified atom stereocenters. The molecule has 0 aliphatic carbocycles. The molecule has 1 atom stereocenters. The summed E-state index contributed by atoms with van der Waals surface area (Å²) in [6.07, 6.45) is 0.864. The molecule has 1 fully saturated rings. The molecular formula is C17H17ClN4O4S. The van der Waals surface area contributed by atoms with Crippen molar-refractivity contribution >= 4 is 51.5 Å². The number of nitrogens with zero attached hydrogens (tertiary/aromatic N) is 1. The van der Waals surface area contributed by atoms with E-state index in [2.05, 4.69) is 20.9 Å². The highest BCUT2D eigenvalue weighted by atomic mass is 35.5. The molecule has 1 saturated heterocycles. The summed E-state index contributed by atoms with van der Waals surface area (Å²) in [5, 5.41) is 10.5. The normalized spacial score (nSPS) is 15.9. The topological polar surface area (TPSA) is 109 Å². The maximum Gasteiger partial charge on any atom is 0.248 e. The molecule has 3 N–H and O–H groups in total. The zero-order chi connectivity index (χ0) is 19.4. The van der Waals surface area contributed by atoms with Crippen LogP contribution in [0, 0.1) is 0 Å². The second-order valence-corrected chi connectivity index (χ2v) is 7.13. The van der Waals surface area contributed by atoms with E-state index in [1.807, 2.05) is 0 Å². The maximum atomic E-state index is 12.2. The van der Waals surface area contributed by atoms with Crippen molar-refractivity contribution in [2.45, 2.75) is 25.3 Å². The van der Waals surface area contributed by atoms with Crippen molar-refractivity contribution in [3.63, 3.8) is 0 Å². The van der Waals surface area contributed by atoms with Gasteiger partial charge in [0.2, 0.25) is 17.7 Å². The zero-order valence-electron chi connectivity index (χ0n) is 14.4. The monoisotopic (exact) mass is 408 g/mol. The fraction of sp³-hybridized carbons (Fsp3) is 0.294. The van der Waals surface area contributed by atoms with Crippen LogP contribution in [0.15, 0.2) is 23.6 Å². The first kappa shape index (κ1) is 19.1. The van der Waals surface area contributed by atoms with Gasteiger partial charge >= 0.3 is 0 Å². The molecule has 3 rings (SSSR count). The molecule has 142 valence electrons. The predicted molar refractivity (Wildman–Crippen MR) is 102 cm³/mol. The van der Waals surface area contributed by atoms with E-state index in [9.17, 15) is 14.4 Å². The summed E-state index contributed by atoms with van der Waals surface area (Å²) in [5.74, 6) is -0.181. The number of nitrogens with one attached hydrogen (secondary N) is 3. The molecule has 2 heterocycles. The highest BCUT2D eigenvalue weighted by Gasteiger charge is 2.27. The molecule has 0 radical (unpaired) electrons. The Bertz CT molecular complexity index is 886. The van der Waals surface area contributed by atoms with Gasteiger partial charge in [0, 0.05) is 17.5 Å². The summed E-state index contributed by atoms with van der Waals surface area (Å²) in [6, 6.07) is 4.41. The second kappa shape index (κ2) is 8.36. The molecule has 10 heteroatoms. The minimum absolute atomic E-state index is 0.0518. The predicted octanol–water partition coefficient (Wildman–Crippen LogP) is 2.20. The molecule has 1 aromatic heterocycles. The van der Waals surface area contributed by atoms with Crippen LogP contribution in [-0.2, 0) is 20.8 Å². The molecule has 3 amide bonds. The van der Waals surface area contributed by atoms with Crippen molar-refractivity contribution in [1.29, 1.82) is 0 Å². The average molecular weight is 409 g/mol. The average Bonchev–Trinajstić information content (AvgIpc) is 3.24. The van der Waals surface area contributed by atoms with Crippen LogP contribution in [0.2, 0.25) is 5.02 Å². The largest absolute Gasteiger partial charge is 0.495 e. The Hall–Kier alpha value is -2.65. The van der Waals surface area contributed by atoms with Gasteiger partial charge in [-0.15, -0.1) is 11.3 Å². The van der Waals surface area contributed by atoms with Crippen molar-refractivity contribution in [2.75, 3.05) is 17.7 Å². The highest BCUT2D eigenvalue weighted by Crippen LogP contribution is 2.27. The lowest BCUT2D eigenvalue weighted by Gasteiger charge is -2.08. The SMILES string of the molecule is COc1ccc(NC(=O)Cc2csc(NC(=O)C3CCC(=O)N3)n2)cc1Cl. The number of rotatable bonds is 6. The van der Waals surface area contributed by atoms with Gasteiger partial charge in [0.05, 0.1) is 24.2 Å². The Labute approximate surface area is 164 Å². The molecule has 2 aromatic rings. The minimum Gasteiger partial charge on any atom is -0.495 e. The van der Waals surface area contributed by atoms with Gasteiger partial charge in [-0.1, -0.05) is 11.6 Å². The number of hydrogen-bond acceptors (Lipinski definition) is 6. The molecule has 1 aliphatic heterocycles. The van der Waals surface area contributed by atoms with E-state index in [-0.39, 0.29) is 24.1 Å². The van der Waals surface area contributed by atoms with E-state index in [0.717, 1.165) is 0 Å². The summed E-state index contributed by atoms with van der Waals surface area (Å²) in [4.78, 5) is 39.6. The first-order chi connectivity index (χ1) is 12.9. The lowest BCUT2D eigenvalue weighted by molar-refractivity contribution is -0.122. The Kier molecular flexibility index (Phi) is 5.92. The maximum absolute atomic E-state index is 12.2. The van der Waals surface area contributed by atoms with Crippen LogP contribution in [-0.4, -0.2) is 35.9 Å². The fourth-order valence-corrected chi connectivity index (χ4v) is 3.53. The van der Waals surface area contributed by atoms with Gasteiger partial charge in [-0.05, 0) is 24.6 Å². The van der Waals surface area contributed by atoms with Gasteiger partial charge in [0.1, 0.15) is 11.8 Å². The van der Waals surface area contributed by atoms with Gasteiger partial charge in [0.25, 0.3) is 0 Å². The van der Waals surface area contributed by atoms with Crippen molar-refractivity contribution in [3.05, 3.63) is 34.3 Å². The van der Waals surface area contributed by atoms with E-state index in [1.54, 1.807) is 23.6 Å². The number of ether oxygens (including phenoxy) is 1. The van der Waals surface area contributed by atoms with Crippen molar-refractivity contribution in [2.24, 2.45) is 0 Å². The summed E-state index contributed by atoms with van der Waals surface area (Å²) < 4.78 is 5.07. The number of carbonyl (C=O) groups excluding carboxylic acids is 3. The lowest BCUT2D eigenvalue weighted by atomic mass is 10.2. The van der Waals surface area contributed by atoms with Gasteiger partial charge in [-0.3, -0.25) is 14.4 Å². The summed E-state index contributed by atoms with van der Waals surface area (Å²) in [7, 11) is 1.51. The van der Waals surface area contributed by atoms with Crippen LogP contribution in [0.4, 0.5) is 10.8 Å². The van der Waals surface area contributed by atoms with Gasteiger partial charge in [-0.25, -0.2) is 4.98 Å². The Balaban J connectivity index is 1.54. The number of hydrogen-bond donors (Lipinski definition) is 3. The summed E-state index contributed by atoms with van der Waals surface area (Å²) in [5.41, 5.74) is 1.08. The van der Waals surface area contributed by atoms with E-state index in [0.29, 0.717) is 40.1 Å². The number of benzene rings is 1. The van der Waals surface area contributed by atoms with Crippen LogP contribution in [0.25, 0.3) is 0 Å². The molecule has 0 bridgehead atoms. The number of amides is 3. The molecular weight excluding hydrogens is 392 g/mol. The van der Waals surface area contributed by atoms with Crippen LogP contribution in [0.3, 0.4) is 0 Å². The summed E-state index contributed by atoms with van der Waals surface area (Å²) in [6.45, 7) is 0. The minimum atomic E-state index is -0.534. The second-order valence-electron chi connectivity index (χ2n) is 5.87. The Morgan fingerprint density at radius 3 is 2.89 bits per heavy atom. The van der Waals surface area contributed by atoms with E-state index in [4.69, 9.17) is 16.3 Å². The van der Waals surface area contributed by atoms with Gasteiger partial charge in [-0.2, -0.15) is 0 Å². The number of anilines is 2. The van der Waals surface area contributed by atoms with E-state index in [1.165, 1.54) is 18.4 Å². The quantitative estimate of drug-likeness (QED) is 0.678. The van der Waals surface area contributed by atoms with Crippen molar-refractivity contribution < 1.29 is 19.1 Å². The van der Waals surface area contributed by atoms with Crippen molar-refractivity contribution in [1.82, 2.24) is 10.3 Å². The zero-order valence-corrected chi connectivity index (χ0v) is 15.9. The van der Waals surface area contributed by atoms with Gasteiger partial charge in [0.15, 0.2) is 5.13 Å². The molecule has 1 aromatic carbocycles. The highest BCUT2D eigenvalue weighted by molar-refractivity contribution is 7.13. The van der Waals surface area contributed by atoms with Crippen LogP contribution in [0.5, 0.6) is 5.75 Å². The third-order valence-corrected chi connectivity index (χ3v) is 4.97. The number of aromatic nitrogens is 1. The summed E-state index contributed by atoms with van der Waals surface area (Å²) >= 11 is 7.25. The van der Waals surface area contributed by atoms with E-state index >= 15 is 0 Å². The first-order valence-corrected chi connectivity index (χ1v) is 9.38. The van der Waals surface area contributed by atoms with Crippen molar-refractivity contribution in [3.8, 4) is 5.75 Å². The van der Waals surface area contributed by atoms with Gasteiger partial charge < -0.3 is 20.7 Å². The smallest absolute Gasteiger partial charge is 0.248 e. The Morgan fingerprint density at radius 2 is 2.22 bits per heavy atom. The van der Waals surface area contributed by atoms with Crippen LogP contribution in [0.1, 0.15) is 18.5 Å². The number of halogens is 1. The molecule has 0 saturated carbocycles. The third-order valence-electron chi connectivity index (χ3n) is 3.87. The number of thiazole rings is 1. The lowest BCUT2D eigenvalue weighted by Crippen LogP contribution is -2.37. The molecule has 27 heavy (non-hydrogen) atoms. The Morgan fingerprint density at radius 1 is 1.41 bits per heavy atom. The third kappa shape index (κ3) is 4.95. The molecule has 8 nitrogen and oxygen atoms in total. The number of methoxy groups -OCH3 is 1. The van der Waals surface area contributed by atoms with Crippen LogP contribution < -0.4 is 20.7 Å². The fourth-order valence-electron chi connectivity index (χ4n) is 2.56. The first-order valence-electron chi connectivity index (χ1n) is 8.12. The molecule has 1 aliphatic rings. The molecule has 0 spiro atoms. The number of carbonyl (C=O) groups is 3.